The third-order valence-corrected chi connectivity index (χ3v) is 3.96. The van der Waals surface area contributed by atoms with Gasteiger partial charge in [0.1, 0.15) is 11.4 Å². The predicted octanol–water partition coefficient (Wildman–Crippen LogP) is 2.72. The van der Waals surface area contributed by atoms with Crippen LogP contribution in [0.2, 0.25) is 0 Å². The van der Waals surface area contributed by atoms with Crippen molar-refractivity contribution in [3.63, 3.8) is 0 Å². The first kappa shape index (κ1) is 18.9. The van der Waals surface area contributed by atoms with E-state index in [0.717, 1.165) is 5.56 Å². The lowest BCUT2D eigenvalue weighted by Gasteiger charge is -2.24. The van der Waals surface area contributed by atoms with Gasteiger partial charge in [0.2, 0.25) is 0 Å². The Balaban J connectivity index is 1.84. The maximum absolute atomic E-state index is 13.0. The van der Waals surface area contributed by atoms with Crippen LogP contribution in [0.25, 0.3) is 0 Å². The molecule has 0 heterocycles. The van der Waals surface area contributed by atoms with Crippen molar-refractivity contribution in [2.75, 3.05) is 20.2 Å². The second-order valence-electron chi connectivity index (χ2n) is 5.98. The zero-order chi connectivity index (χ0) is 18.3. The number of hydrogen-bond acceptors (Lipinski definition) is 3. The van der Waals surface area contributed by atoms with Crippen LogP contribution < -0.4 is 10.6 Å². The van der Waals surface area contributed by atoms with Crippen molar-refractivity contribution in [3.8, 4) is 0 Å². The van der Waals surface area contributed by atoms with Gasteiger partial charge in [0.25, 0.3) is 0 Å². The highest BCUT2D eigenvalue weighted by molar-refractivity contribution is 5.74. The van der Waals surface area contributed by atoms with Gasteiger partial charge < -0.3 is 20.5 Å². The van der Waals surface area contributed by atoms with Gasteiger partial charge in [-0.25, -0.2) is 9.18 Å². The van der Waals surface area contributed by atoms with Gasteiger partial charge in [-0.15, -0.1) is 0 Å². The third-order valence-electron chi connectivity index (χ3n) is 3.96. The Hall–Kier alpha value is -2.44. The van der Waals surface area contributed by atoms with Crippen molar-refractivity contribution in [1.29, 1.82) is 0 Å². The molecule has 2 amide bonds. The summed E-state index contributed by atoms with van der Waals surface area (Å²) < 4.78 is 18.4. The molecule has 0 saturated heterocycles. The molecular weight excluding hydrogens is 323 g/mol. The van der Waals surface area contributed by atoms with Crippen molar-refractivity contribution in [2.45, 2.75) is 18.6 Å². The summed E-state index contributed by atoms with van der Waals surface area (Å²) in [5.41, 5.74) is 0.183. The zero-order valence-corrected chi connectivity index (χ0v) is 14.3. The van der Waals surface area contributed by atoms with Gasteiger partial charge in [0.15, 0.2) is 0 Å². The van der Waals surface area contributed by atoms with E-state index < -0.39 is 11.6 Å². The molecule has 2 aromatic rings. The van der Waals surface area contributed by atoms with E-state index in [9.17, 15) is 14.3 Å². The standard InChI is InChI=1S/C19H23FN2O3/c1-19(24,15-8-10-16(20)11-9-15)13-22-18(23)21-12-17(25-2)14-6-4-3-5-7-14/h3-11,17,24H,12-13H2,1-2H3,(H2,21,22,23). The number of carbonyl (C=O) groups excluding carboxylic acids is 1. The molecule has 0 aromatic heterocycles. The predicted molar refractivity (Wildman–Crippen MR) is 93.6 cm³/mol. The van der Waals surface area contributed by atoms with Crippen LogP contribution in [0.3, 0.4) is 0 Å². The van der Waals surface area contributed by atoms with E-state index in [2.05, 4.69) is 10.6 Å². The maximum Gasteiger partial charge on any atom is 0.315 e. The molecule has 2 aromatic carbocycles. The van der Waals surface area contributed by atoms with Gasteiger partial charge in [0.05, 0.1) is 12.6 Å². The van der Waals surface area contributed by atoms with E-state index in [0.29, 0.717) is 12.1 Å². The summed E-state index contributed by atoms with van der Waals surface area (Å²) in [5, 5.41) is 15.8. The number of hydrogen-bond donors (Lipinski definition) is 3. The van der Waals surface area contributed by atoms with Crippen LogP contribution in [-0.2, 0) is 10.3 Å². The van der Waals surface area contributed by atoms with Crippen LogP contribution in [0.5, 0.6) is 0 Å². The van der Waals surface area contributed by atoms with E-state index in [4.69, 9.17) is 4.74 Å². The number of halogens is 1. The molecule has 3 N–H and O–H groups in total. The van der Waals surface area contributed by atoms with Gasteiger partial charge in [-0.05, 0) is 30.2 Å². The van der Waals surface area contributed by atoms with Crippen LogP contribution in [0, 0.1) is 5.82 Å². The third kappa shape index (κ3) is 5.55. The minimum atomic E-state index is -1.30. The van der Waals surface area contributed by atoms with E-state index in [-0.39, 0.29) is 18.5 Å². The van der Waals surface area contributed by atoms with Crippen molar-refractivity contribution in [3.05, 3.63) is 71.5 Å². The van der Waals surface area contributed by atoms with Crippen LogP contribution >= 0.6 is 0 Å². The molecule has 6 heteroatoms. The second kappa shape index (κ2) is 8.60. The fourth-order valence-electron chi connectivity index (χ4n) is 2.42. The number of aliphatic hydroxyl groups is 1. The summed E-state index contributed by atoms with van der Waals surface area (Å²) in [4.78, 5) is 12.0. The monoisotopic (exact) mass is 346 g/mol. The largest absolute Gasteiger partial charge is 0.384 e. The maximum atomic E-state index is 13.0. The summed E-state index contributed by atoms with van der Waals surface area (Å²) >= 11 is 0. The van der Waals surface area contributed by atoms with E-state index in [1.807, 2.05) is 30.3 Å². The number of urea groups is 1. The first-order chi connectivity index (χ1) is 11.9. The molecule has 0 radical (unpaired) electrons. The highest BCUT2D eigenvalue weighted by atomic mass is 19.1. The lowest BCUT2D eigenvalue weighted by atomic mass is 9.96. The number of amides is 2. The molecule has 0 aliphatic carbocycles. The molecular formula is C19H23FN2O3. The smallest absolute Gasteiger partial charge is 0.315 e. The van der Waals surface area contributed by atoms with Gasteiger partial charge >= 0.3 is 6.03 Å². The topological polar surface area (TPSA) is 70.6 Å². The molecule has 0 bridgehead atoms. The van der Waals surface area contributed by atoms with Gasteiger partial charge in [-0.2, -0.15) is 0 Å². The highest BCUT2D eigenvalue weighted by Gasteiger charge is 2.24. The molecule has 134 valence electrons. The minimum absolute atomic E-state index is 0.00650. The van der Waals surface area contributed by atoms with E-state index in [1.54, 1.807) is 14.0 Å². The molecule has 25 heavy (non-hydrogen) atoms. The minimum Gasteiger partial charge on any atom is -0.384 e. The van der Waals surface area contributed by atoms with Crippen LogP contribution in [0.15, 0.2) is 54.6 Å². The molecule has 2 rings (SSSR count). The number of carbonyl (C=O) groups is 1. The molecule has 0 saturated carbocycles. The lowest BCUT2D eigenvalue weighted by molar-refractivity contribution is 0.0588. The molecule has 0 aliphatic heterocycles. The molecule has 0 spiro atoms. The van der Waals surface area contributed by atoms with Crippen molar-refractivity contribution in [1.82, 2.24) is 10.6 Å². The SMILES string of the molecule is COC(CNC(=O)NCC(C)(O)c1ccc(F)cc1)c1ccccc1. The van der Waals surface area contributed by atoms with Crippen molar-refractivity contribution >= 4 is 6.03 Å². The first-order valence-corrected chi connectivity index (χ1v) is 8.00. The molecule has 5 nitrogen and oxygen atoms in total. The molecule has 0 fully saturated rings. The van der Waals surface area contributed by atoms with Crippen LogP contribution in [0.4, 0.5) is 9.18 Å². The number of methoxy groups -OCH3 is 1. The van der Waals surface area contributed by atoms with Crippen LogP contribution in [0.1, 0.15) is 24.2 Å². The Morgan fingerprint density at radius 3 is 2.40 bits per heavy atom. The Bertz CT molecular complexity index is 675. The fraction of sp³-hybridized carbons (Fsp3) is 0.316. The molecule has 2 unspecified atom stereocenters. The number of nitrogens with one attached hydrogen (secondary N) is 2. The lowest BCUT2D eigenvalue weighted by Crippen LogP contribution is -2.44. The van der Waals surface area contributed by atoms with E-state index in [1.165, 1.54) is 24.3 Å². The van der Waals surface area contributed by atoms with Crippen molar-refractivity contribution < 1.29 is 19.0 Å². The summed E-state index contributed by atoms with van der Waals surface area (Å²) in [6.45, 7) is 1.85. The Kier molecular flexibility index (Phi) is 6.50. The Labute approximate surface area is 146 Å². The summed E-state index contributed by atoms with van der Waals surface area (Å²) in [5.74, 6) is -0.378. The molecule has 0 aliphatic rings. The summed E-state index contributed by atoms with van der Waals surface area (Å²) in [6.07, 6.45) is -0.260. The zero-order valence-electron chi connectivity index (χ0n) is 14.3. The molecule has 2 atom stereocenters. The number of benzene rings is 2. The van der Waals surface area contributed by atoms with Gasteiger partial charge in [-0.3, -0.25) is 0 Å². The highest BCUT2D eigenvalue weighted by Crippen LogP contribution is 2.20. The fourth-order valence-corrected chi connectivity index (χ4v) is 2.42. The second-order valence-corrected chi connectivity index (χ2v) is 5.98. The average Bonchev–Trinajstić information content (AvgIpc) is 2.62. The summed E-state index contributed by atoms with van der Waals surface area (Å²) in [6, 6.07) is 14.7. The van der Waals surface area contributed by atoms with E-state index >= 15 is 0 Å². The van der Waals surface area contributed by atoms with Crippen LogP contribution in [-0.4, -0.2) is 31.3 Å². The Morgan fingerprint density at radius 2 is 1.80 bits per heavy atom. The number of rotatable bonds is 7. The quantitative estimate of drug-likeness (QED) is 0.722. The van der Waals surface area contributed by atoms with Gasteiger partial charge in [0, 0.05) is 13.7 Å². The summed E-state index contributed by atoms with van der Waals surface area (Å²) in [7, 11) is 1.58. The normalized spacial score (nSPS) is 14.4. The Morgan fingerprint density at radius 1 is 1.16 bits per heavy atom. The number of ether oxygens (including phenoxy) is 1. The van der Waals surface area contributed by atoms with Crippen molar-refractivity contribution in [2.24, 2.45) is 0 Å². The van der Waals surface area contributed by atoms with Gasteiger partial charge in [-0.1, -0.05) is 42.5 Å². The average molecular weight is 346 g/mol. The first-order valence-electron chi connectivity index (χ1n) is 8.00.